The first-order chi connectivity index (χ1) is 12.0. The molecule has 0 aliphatic carbocycles. The summed E-state index contributed by atoms with van der Waals surface area (Å²) in [6.45, 7) is 1.87. The van der Waals surface area contributed by atoms with E-state index in [4.69, 9.17) is 23.2 Å². The highest BCUT2D eigenvalue weighted by atomic mass is 35.5. The first-order valence-electron chi connectivity index (χ1n) is 7.40. The van der Waals surface area contributed by atoms with E-state index in [1.807, 2.05) is 43.3 Å². The summed E-state index contributed by atoms with van der Waals surface area (Å²) in [4.78, 5) is 20.5. The van der Waals surface area contributed by atoms with Crippen molar-refractivity contribution in [3.05, 3.63) is 74.6 Å². The van der Waals surface area contributed by atoms with E-state index in [2.05, 4.69) is 9.97 Å². The van der Waals surface area contributed by atoms with Crippen LogP contribution in [0.15, 0.2) is 47.3 Å². The molecule has 4 nitrogen and oxygen atoms in total. The zero-order valence-corrected chi connectivity index (χ0v) is 14.4. The Hall–Kier alpha value is -2.50. The predicted molar refractivity (Wildman–Crippen MR) is 97.4 cm³/mol. The molecule has 0 radical (unpaired) electrons. The van der Waals surface area contributed by atoms with Crippen LogP contribution in [0, 0.1) is 12.7 Å². The van der Waals surface area contributed by atoms with Crippen LogP contribution in [0.5, 0.6) is 0 Å². The molecule has 0 spiro atoms. The van der Waals surface area contributed by atoms with Gasteiger partial charge in [-0.3, -0.25) is 0 Å². The number of pyridine rings is 1. The Bertz CT molecular complexity index is 1220. The Morgan fingerprint density at radius 2 is 1.76 bits per heavy atom. The lowest BCUT2D eigenvalue weighted by atomic mass is 10.0. The maximum Gasteiger partial charge on any atom is 0.355 e. The molecule has 2 aromatic heterocycles. The van der Waals surface area contributed by atoms with Crippen LogP contribution in [-0.2, 0) is 0 Å². The van der Waals surface area contributed by atoms with E-state index in [9.17, 15) is 9.18 Å². The minimum atomic E-state index is -0.724. The summed E-state index contributed by atoms with van der Waals surface area (Å²) in [5.41, 5.74) is 1.02. The molecule has 0 saturated carbocycles. The quantitative estimate of drug-likeness (QED) is 0.359. The lowest BCUT2D eigenvalue weighted by Crippen LogP contribution is -2.23. The van der Waals surface area contributed by atoms with Gasteiger partial charge in [-0.1, -0.05) is 59.6 Å². The number of nitrogens with zero attached hydrogens (tertiary/aromatic N) is 3. The fraction of sp³-hybridized carbons (Fsp3) is 0.0556. The summed E-state index contributed by atoms with van der Waals surface area (Å²) in [5.74, 6) is -0.724. The van der Waals surface area contributed by atoms with Crippen LogP contribution >= 0.6 is 23.2 Å². The van der Waals surface area contributed by atoms with E-state index in [0.29, 0.717) is 5.69 Å². The van der Waals surface area contributed by atoms with Gasteiger partial charge in [-0.2, -0.15) is 4.98 Å². The standard InChI is InChI=1S/C18H10Cl2FN3O/c1-9-6-7-10-4-2-3-5-11(10)14(9)24-17-12(15(19)23-18(24)25)8-13(21)16(20)22-17/h2-8H,1H3. The van der Waals surface area contributed by atoms with E-state index in [0.717, 1.165) is 22.4 Å². The number of hydrogen-bond acceptors (Lipinski definition) is 3. The minimum Gasteiger partial charge on any atom is -0.245 e. The third kappa shape index (κ3) is 2.47. The number of aromatic nitrogens is 3. The molecular weight excluding hydrogens is 364 g/mol. The molecule has 2 heterocycles. The highest BCUT2D eigenvalue weighted by molar-refractivity contribution is 6.34. The summed E-state index contributed by atoms with van der Waals surface area (Å²) in [6, 6.07) is 12.6. The summed E-state index contributed by atoms with van der Waals surface area (Å²) in [6.07, 6.45) is 0. The van der Waals surface area contributed by atoms with Gasteiger partial charge < -0.3 is 0 Å². The Morgan fingerprint density at radius 1 is 1.00 bits per heavy atom. The normalized spacial score (nSPS) is 11.4. The fourth-order valence-corrected chi connectivity index (χ4v) is 3.27. The van der Waals surface area contributed by atoms with Crippen molar-refractivity contribution in [3.63, 3.8) is 0 Å². The average Bonchev–Trinajstić information content (AvgIpc) is 2.58. The number of halogens is 3. The highest BCUT2D eigenvalue weighted by Crippen LogP contribution is 2.29. The van der Waals surface area contributed by atoms with Crippen LogP contribution in [0.3, 0.4) is 0 Å². The van der Waals surface area contributed by atoms with Gasteiger partial charge >= 0.3 is 5.69 Å². The van der Waals surface area contributed by atoms with Crippen LogP contribution in [0.4, 0.5) is 4.39 Å². The van der Waals surface area contributed by atoms with E-state index in [1.165, 1.54) is 4.57 Å². The van der Waals surface area contributed by atoms with Crippen molar-refractivity contribution in [1.29, 1.82) is 0 Å². The van der Waals surface area contributed by atoms with E-state index in [1.54, 1.807) is 0 Å². The van der Waals surface area contributed by atoms with Gasteiger partial charge in [0.05, 0.1) is 11.1 Å². The molecule has 0 bridgehead atoms. The summed E-state index contributed by atoms with van der Waals surface area (Å²) < 4.78 is 15.2. The molecule has 0 aliphatic rings. The molecule has 7 heteroatoms. The number of rotatable bonds is 1. The second-order valence-corrected chi connectivity index (χ2v) is 6.32. The molecule has 4 aromatic rings. The fourth-order valence-electron chi connectivity index (χ4n) is 2.93. The second-order valence-electron chi connectivity index (χ2n) is 5.60. The number of fused-ring (bicyclic) bond motifs is 2. The molecule has 0 atom stereocenters. The number of benzene rings is 2. The summed E-state index contributed by atoms with van der Waals surface area (Å²) in [5, 5.41) is 1.57. The summed E-state index contributed by atoms with van der Waals surface area (Å²) in [7, 11) is 0. The number of aryl methyl sites for hydroxylation is 1. The van der Waals surface area contributed by atoms with Gasteiger partial charge in [0.15, 0.2) is 16.6 Å². The topological polar surface area (TPSA) is 47.8 Å². The Labute approximate surface area is 151 Å². The first kappa shape index (κ1) is 16.0. The minimum absolute atomic E-state index is 0.114. The number of hydrogen-bond donors (Lipinski definition) is 0. The van der Waals surface area contributed by atoms with Crippen molar-refractivity contribution in [3.8, 4) is 5.69 Å². The van der Waals surface area contributed by atoms with E-state index >= 15 is 0 Å². The third-order valence-electron chi connectivity index (χ3n) is 4.06. The molecule has 0 fully saturated rings. The SMILES string of the molecule is Cc1ccc2ccccc2c1-n1c(=O)nc(Cl)c2cc(F)c(Cl)nc21. The molecule has 124 valence electrons. The predicted octanol–water partition coefficient (Wildman–Crippen LogP) is 4.69. The molecule has 25 heavy (non-hydrogen) atoms. The average molecular weight is 374 g/mol. The van der Waals surface area contributed by atoms with Crippen LogP contribution < -0.4 is 5.69 Å². The van der Waals surface area contributed by atoms with Crippen LogP contribution in [0.2, 0.25) is 10.3 Å². The molecule has 0 N–H and O–H groups in total. The van der Waals surface area contributed by atoms with Crippen molar-refractivity contribution >= 4 is 45.0 Å². The molecule has 4 rings (SSSR count). The van der Waals surface area contributed by atoms with E-state index < -0.39 is 11.5 Å². The van der Waals surface area contributed by atoms with Crippen LogP contribution in [0.1, 0.15) is 5.56 Å². The molecule has 0 aliphatic heterocycles. The molecule has 0 amide bonds. The third-order valence-corrected chi connectivity index (χ3v) is 4.61. The van der Waals surface area contributed by atoms with Crippen molar-refractivity contribution in [2.45, 2.75) is 6.92 Å². The smallest absolute Gasteiger partial charge is 0.245 e. The molecule has 0 saturated heterocycles. The largest absolute Gasteiger partial charge is 0.355 e. The van der Waals surface area contributed by atoms with Crippen LogP contribution in [0.25, 0.3) is 27.5 Å². The Morgan fingerprint density at radius 3 is 2.56 bits per heavy atom. The maximum absolute atomic E-state index is 13.8. The van der Waals surface area contributed by atoms with Gasteiger partial charge in [0.2, 0.25) is 0 Å². The van der Waals surface area contributed by atoms with Gasteiger partial charge in [0.25, 0.3) is 0 Å². The van der Waals surface area contributed by atoms with Gasteiger partial charge in [-0.15, -0.1) is 0 Å². The van der Waals surface area contributed by atoms with Gasteiger partial charge in [0.1, 0.15) is 5.15 Å². The maximum atomic E-state index is 13.8. The van der Waals surface area contributed by atoms with Crippen molar-refractivity contribution in [2.75, 3.05) is 0 Å². The van der Waals surface area contributed by atoms with Crippen molar-refractivity contribution < 1.29 is 4.39 Å². The Balaban J connectivity index is 2.25. The highest BCUT2D eigenvalue weighted by Gasteiger charge is 2.18. The lowest BCUT2D eigenvalue weighted by Gasteiger charge is -2.15. The first-order valence-corrected chi connectivity index (χ1v) is 8.16. The van der Waals surface area contributed by atoms with Gasteiger partial charge in [-0.05, 0) is 23.9 Å². The van der Waals surface area contributed by atoms with Crippen molar-refractivity contribution in [1.82, 2.24) is 14.5 Å². The lowest BCUT2D eigenvalue weighted by molar-refractivity contribution is 0.624. The van der Waals surface area contributed by atoms with Crippen molar-refractivity contribution in [2.24, 2.45) is 0 Å². The monoisotopic (exact) mass is 373 g/mol. The molecular formula is C18H10Cl2FN3O. The Kier molecular flexibility index (Phi) is 3.71. The zero-order chi connectivity index (χ0) is 17.7. The van der Waals surface area contributed by atoms with Gasteiger partial charge in [0, 0.05) is 5.39 Å². The van der Waals surface area contributed by atoms with E-state index in [-0.39, 0.29) is 21.3 Å². The van der Waals surface area contributed by atoms with Gasteiger partial charge in [-0.25, -0.2) is 18.7 Å². The zero-order valence-electron chi connectivity index (χ0n) is 12.9. The molecule has 2 aromatic carbocycles. The van der Waals surface area contributed by atoms with Crippen LogP contribution in [-0.4, -0.2) is 14.5 Å². The second kappa shape index (κ2) is 5.79. The molecule has 0 unspecified atom stereocenters. The summed E-state index contributed by atoms with van der Waals surface area (Å²) >= 11 is 11.9.